The van der Waals surface area contributed by atoms with Crippen molar-refractivity contribution in [3.05, 3.63) is 58.2 Å². The number of hydrogen-bond acceptors (Lipinski definition) is 5. The summed E-state index contributed by atoms with van der Waals surface area (Å²) >= 11 is 0. The Balaban J connectivity index is 1.24. The number of ether oxygens (including phenoxy) is 3. The summed E-state index contributed by atoms with van der Waals surface area (Å²) in [6, 6.07) is 2.23. The third kappa shape index (κ3) is 3.96. The average Bonchev–Trinajstić information content (AvgIpc) is 3.28. The fraction of sp³-hybridized carbons (Fsp3) is 0.689. The number of methoxy groups -OCH3 is 1. The van der Waals surface area contributed by atoms with E-state index >= 15 is 0 Å². The lowest BCUT2D eigenvalue weighted by Gasteiger charge is -2.69. The average molecular weight is 681 g/mol. The monoisotopic (exact) mass is 680 g/mol. The molecule has 5 nitrogen and oxygen atoms in total. The molecule has 4 saturated carbocycles. The predicted molar refractivity (Wildman–Crippen MR) is 198 cm³/mol. The van der Waals surface area contributed by atoms with Crippen LogP contribution in [-0.4, -0.2) is 30.1 Å². The standard InChI is InChI=1S/C45H60O5/c1-26(2)30-13-12-27(3)44-15-14-28(4)45(44,24-30)49-33-22-31-36(29(5)37(33)50-44)32(46)23-34-41(31,8)19-21-43(10)35-25-40(7,38(47)48-11)17-16-39(35,6)18-20-42(34,43)9/h14,22-23,27,30,35H,1,12-13,15-21,24-25H2,2-11H3/t27-,30+,35-,39-,40-,41+,42-,43+,44+,45+/m1/s1. The first-order valence-corrected chi connectivity index (χ1v) is 19.6. The lowest BCUT2D eigenvalue weighted by atomic mass is 9.34. The van der Waals surface area contributed by atoms with Gasteiger partial charge in [0.15, 0.2) is 28.5 Å². The van der Waals surface area contributed by atoms with Crippen molar-refractivity contribution >= 4 is 11.8 Å². The zero-order chi connectivity index (χ0) is 36.0. The van der Waals surface area contributed by atoms with E-state index in [4.69, 9.17) is 14.2 Å². The molecular formula is C45H60O5. The first-order chi connectivity index (χ1) is 23.3. The summed E-state index contributed by atoms with van der Waals surface area (Å²) in [5.74, 6) is 2.61. The number of carbonyl (C=O) groups excluding carboxylic acids is 2. The second-order valence-electron chi connectivity index (χ2n) is 19.5. The molecular weight excluding hydrogens is 620 g/mol. The van der Waals surface area contributed by atoms with Gasteiger partial charge in [0, 0.05) is 35.3 Å². The molecule has 1 aromatic rings. The number of ketones is 1. The lowest BCUT2D eigenvalue weighted by Crippen LogP contribution is -2.64. The number of allylic oxidation sites excluding steroid dienone is 3. The van der Waals surface area contributed by atoms with E-state index in [9.17, 15) is 9.59 Å². The molecule has 0 radical (unpaired) electrons. The van der Waals surface area contributed by atoms with Crippen LogP contribution in [-0.2, 0) is 14.9 Å². The smallest absolute Gasteiger partial charge is 0.311 e. The lowest BCUT2D eigenvalue weighted by molar-refractivity contribution is -0.179. The van der Waals surface area contributed by atoms with E-state index in [0.717, 1.165) is 98.8 Å². The van der Waals surface area contributed by atoms with Crippen molar-refractivity contribution in [1.82, 2.24) is 0 Å². The van der Waals surface area contributed by atoms with Gasteiger partial charge < -0.3 is 14.2 Å². The highest BCUT2D eigenvalue weighted by molar-refractivity contribution is 6.10. The van der Waals surface area contributed by atoms with Crippen molar-refractivity contribution in [3.8, 4) is 11.5 Å². The minimum absolute atomic E-state index is 0.0555. The van der Waals surface area contributed by atoms with Gasteiger partial charge in [0.2, 0.25) is 0 Å². The molecule has 8 rings (SSSR count). The minimum Gasteiger partial charge on any atom is -0.478 e. The number of fused-ring (bicyclic) bond motifs is 8. The van der Waals surface area contributed by atoms with Crippen LogP contribution in [0.4, 0.5) is 0 Å². The van der Waals surface area contributed by atoms with Gasteiger partial charge in [0.25, 0.3) is 0 Å². The Hall–Kier alpha value is -2.82. The van der Waals surface area contributed by atoms with Gasteiger partial charge in [-0.3, -0.25) is 9.59 Å². The molecule has 50 heavy (non-hydrogen) atoms. The van der Waals surface area contributed by atoms with Crippen LogP contribution in [0.1, 0.15) is 148 Å². The molecule has 270 valence electrons. The molecule has 10 atom stereocenters. The van der Waals surface area contributed by atoms with Gasteiger partial charge in [-0.25, -0.2) is 0 Å². The van der Waals surface area contributed by atoms with Gasteiger partial charge in [0.05, 0.1) is 12.5 Å². The molecule has 1 aromatic carbocycles. The number of carbonyl (C=O) groups is 2. The Labute approximate surface area is 300 Å². The fourth-order valence-corrected chi connectivity index (χ4v) is 13.4. The molecule has 1 heterocycles. The molecule has 1 aliphatic heterocycles. The summed E-state index contributed by atoms with van der Waals surface area (Å²) < 4.78 is 20.2. The van der Waals surface area contributed by atoms with Crippen LogP contribution in [0.5, 0.6) is 11.5 Å². The van der Waals surface area contributed by atoms with E-state index < -0.39 is 16.6 Å². The molecule has 0 spiro atoms. The van der Waals surface area contributed by atoms with Gasteiger partial charge in [-0.05, 0) is 142 Å². The van der Waals surface area contributed by atoms with E-state index in [1.165, 1.54) is 23.8 Å². The van der Waals surface area contributed by atoms with Crippen LogP contribution >= 0.6 is 0 Å². The third-order valence-corrected chi connectivity index (χ3v) is 17.2. The van der Waals surface area contributed by atoms with Gasteiger partial charge in [-0.2, -0.15) is 0 Å². The summed E-state index contributed by atoms with van der Waals surface area (Å²) in [5.41, 5.74) is 4.72. The molecule has 0 saturated heterocycles. The number of esters is 1. The van der Waals surface area contributed by atoms with Gasteiger partial charge in [-0.15, -0.1) is 0 Å². The van der Waals surface area contributed by atoms with E-state index in [-0.39, 0.29) is 39.3 Å². The Morgan fingerprint density at radius 1 is 0.960 bits per heavy atom. The first-order valence-electron chi connectivity index (χ1n) is 19.6. The normalized spacial score (nSPS) is 45.6. The van der Waals surface area contributed by atoms with Gasteiger partial charge >= 0.3 is 5.97 Å². The largest absolute Gasteiger partial charge is 0.478 e. The molecule has 7 aliphatic rings. The summed E-state index contributed by atoms with van der Waals surface area (Å²) in [5, 5.41) is 0. The quantitative estimate of drug-likeness (QED) is 0.230. The zero-order valence-electron chi connectivity index (χ0n) is 32.5. The highest BCUT2D eigenvalue weighted by Gasteiger charge is 2.69. The molecule has 0 amide bonds. The maximum atomic E-state index is 14.6. The summed E-state index contributed by atoms with van der Waals surface area (Å²) in [6.45, 7) is 25.2. The fourth-order valence-electron chi connectivity index (χ4n) is 13.4. The molecule has 4 fully saturated rings. The first kappa shape index (κ1) is 34.3. The molecule has 0 aromatic heterocycles. The molecule has 0 unspecified atom stereocenters. The van der Waals surface area contributed by atoms with Crippen molar-refractivity contribution < 1.29 is 23.8 Å². The molecule has 0 N–H and O–H groups in total. The predicted octanol–water partition coefficient (Wildman–Crippen LogP) is 10.6. The van der Waals surface area contributed by atoms with Crippen molar-refractivity contribution in [2.75, 3.05) is 7.11 Å². The van der Waals surface area contributed by atoms with Crippen LogP contribution in [0.25, 0.3) is 0 Å². The SMILES string of the molecule is C=C(C)[C@H]1CC[C@@H](C)[C@@]23CC=C(C)[C@]2(C1)Oc1cc2c(c(C)c1O3)C(=O)C=C1[C@@]2(C)CC[C@@]2(C)[C@@H]3C[C@](C)(C(=O)OC)CC[C@]3(C)CC[C@]12C. The van der Waals surface area contributed by atoms with E-state index in [1.54, 1.807) is 0 Å². The minimum atomic E-state index is -0.559. The van der Waals surface area contributed by atoms with Crippen LogP contribution in [0.2, 0.25) is 0 Å². The zero-order valence-corrected chi connectivity index (χ0v) is 32.5. The van der Waals surface area contributed by atoms with Crippen LogP contribution in [0.15, 0.2) is 41.5 Å². The van der Waals surface area contributed by atoms with Crippen LogP contribution < -0.4 is 9.47 Å². The number of hydrogen-bond donors (Lipinski definition) is 0. The van der Waals surface area contributed by atoms with E-state index in [2.05, 4.69) is 81.0 Å². The summed E-state index contributed by atoms with van der Waals surface area (Å²) in [6.07, 6.45) is 15.1. The van der Waals surface area contributed by atoms with Crippen molar-refractivity contribution in [2.24, 2.45) is 39.4 Å². The summed E-state index contributed by atoms with van der Waals surface area (Å²) in [4.78, 5) is 27.8. The number of rotatable bonds is 2. The highest BCUT2D eigenvalue weighted by atomic mass is 16.6. The highest BCUT2D eigenvalue weighted by Crippen LogP contribution is 2.75. The maximum Gasteiger partial charge on any atom is 0.311 e. The Morgan fingerprint density at radius 2 is 1.68 bits per heavy atom. The van der Waals surface area contributed by atoms with Crippen molar-refractivity contribution in [3.63, 3.8) is 0 Å². The maximum absolute atomic E-state index is 14.6. The van der Waals surface area contributed by atoms with Gasteiger partial charge in [0.1, 0.15) is 0 Å². The molecule has 0 bridgehead atoms. The second kappa shape index (κ2) is 10.4. The Kier molecular flexibility index (Phi) is 7.13. The Morgan fingerprint density at radius 3 is 2.38 bits per heavy atom. The number of benzene rings is 1. The molecule has 6 aliphatic carbocycles. The van der Waals surface area contributed by atoms with E-state index in [0.29, 0.717) is 11.8 Å². The third-order valence-electron chi connectivity index (χ3n) is 17.2. The van der Waals surface area contributed by atoms with Crippen LogP contribution in [0.3, 0.4) is 0 Å². The van der Waals surface area contributed by atoms with Crippen molar-refractivity contribution in [2.45, 2.75) is 150 Å². The van der Waals surface area contributed by atoms with Crippen LogP contribution in [0, 0.1) is 46.3 Å². The topological polar surface area (TPSA) is 61.8 Å². The second-order valence-corrected chi connectivity index (χ2v) is 19.5. The van der Waals surface area contributed by atoms with Gasteiger partial charge in [-0.1, -0.05) is 52.8 Å². The molecule has 5 heteroatoms. The Bertz CT molecular complexity index is 1800. The summed E-state index contributed by atoms with van der Waals surface area (Å²) in [7, 11) is 1.53. The van der Waals surface area contributed by atoms with Crippen molar-refractivity contribution in [1.29, 1.82) is 0 Å². The van der Waals surface area contributed by atoms with E-state index in [1.807, 2.05) is 6.08 Å².